The number of piperidine rings is 1. The average molecular weight is 305 g/mol. The molecule has 0 radical (unpaired) electrons. The maximum Gasteiger partial charge on any atom is 0.308 e. The molecule has 0 unspecified atom stereocenters. The molecular formula is C18H27NO3. The van der Waals surface area contributed by atoms with Gasteiger partial charge in [0.05, 0.1) is 13.0 Å². The van der Waals surface area contributed by atoms with Crippen molar-refractivity contribution in [2.24, 2.45) is 5.92 Å². The van der Waals surface area contributed by atoms with Crippen LogP contribution in [0.3, 0.4) is 0 Å². The lowest BCUT2D eigenvalue weighted by atomic mass is 9.93. The van der Waals surface area contributed by atoms with Crippen LogP contribution in [0.1, 0.15) is 49.3 Å². The van der Waals surface area contributed by atoms with Crippen molar-refractivity contribution in [3.05, 3.63) is 28.8 Å². The van der Waals surface area contributed by atoms with Gasteiger partial charge in [-0.25, -0.2) is 0 Å². The third-order valence-corrected chi connectivity index (χ3v) is 4.61. The summed E-state index contributed by atoms with van der Waals surface area (Å²) in [7, 11) is 1.45. The molecule has 0 aromatic heterocycles. The Labute approximate surface area is 133 Å². The van der Waals surface area contributed by atoms with Crippen molar-refractivity contribution in [2.75, 3.05) is 20.2 Å². The van der Waals surface area contributed by atoms with E-state index in [1.807, 2.05) is 13.0 Å². The zero-order valence-electron chi connectivity index (χ0n) is 14.1. The highest BCUT2D eigenvalue weighted by Crippen LogP contribution is 2.29. The number of ether oxygens (including phenoxy) is 1. The summed E-state index contributed by atoms with van der Waals surface area (Å²) in [4.78, 5) is 13.9. The molecule has 0 aliphatic carbocycles. The molecule has 0 amide bonds. The molecule has 1 aliphatic heterocycles. The van der Waals surface area contributed by atoms with Gasteiger partial charge in [0, 0.05) is 12.1 Å². The van der Waals surface area contributed by atoms with E-state index < -0.39 is 0 Å². The molecule has 1 saturated heterocycles. The number of phenols is 1. The Hall–Kier alpha value is -1.55. The summed E-state index contributed by atoms with van der Waals surface area (Å²) >= 11 is 0. The van der Waals surface area contributed by atoms with Gasteiger partial charge in [-0.15, -0.1) is 0 Å². The molecule has 0 spiro atoms. The first-order valence-corrected chi connectivity index (χ1v) is 8.05. The van der Waals surface area contributed by atoms with Crippen LogP contribution in [0.4, 0.5) is 0 Å². The van der Waals surface area contributed by atoms with Crippen molar-refractivity contribution in [3.8, 4) is 5.75 Å². The Morgan fingerprint density at radius 1 is 1.36 bits per heavy atom. The molecule has 0 bridgehead atoms. The number of carbonyl (C=O) groups excluding carboxylic acids is 1. The molecule has 2 rings (SSSR count). The lowest BCUT2D eigenvalue weighted by Crippen LogP contribution is -2.36. The Morgan fingerprint density at radius 2 is 2.00 bits per heavy atom. The normalized spacial score (nSPS) is 17.0. The van der Waals surface area contributed by atoms with E-state index in [1.165, 1.54) is 12.7 Å². The number of esters is 1. The summed E-state index contributed by atoms with van der Waals surface area (Å²) in [6, 6.07) is 3.99. The summed E-state index contributed by atoms with van der Waals surface area (Å²) in [6.07, 6.45) is 1.66. The zero-order chi connectivity index (χ0) is 16.3. The lowest BCUT2D eigenvalue weighted by molar-refractivity contribution is -0.147. The van der Waals surface area contributed by atoms with Crippen molar-refractivity contribution < 1.29 is 14.6 Å². The van der Waals surface area contributed by atoms with Crippen molar-refractivity contribution in [3.63, 3.8) is 0 Å². The molecule has 4 nitrogen and oxygen atoms in total. The highest BCUT2D eigenvalue weighted by Gasteiger charge is 2.26. The average Bonchev–Trinajstić information content (AvgIpc) is 2.49. The smallest absolute Gasteiger partial charge is 0.308 e. The van der Waals surface area contributed by atoms with E-state index in [4.69, 9.17) is 4.74 Å². The van der Waals surface area contributed by atoms with Gasteiger partial charge < -0.3 is 9.84 Å². The van der Waals surface area contributed by atoms with E-state index in [2.05, 4.69) is 24.8 Å². The topological polar surface area (TPSA) is 49.8 Å². The minimum Gasteiger partial charge on any atom is -0.508 e. The van der Waals surface area contributed by atoms with Gasteiger partial charge in [0.1, 0.15) is 5.75 Å². The number of methoxy groups -OCH3 is 1. The van der Waals surface area contributed by atoms with Gasteiger partial charge in [0.15, 0.2) is 0 Å². The van der Waals surface area contributed by atoms with Crippen molar-refractivity contribution in [1.29, 1.82) is 0 Å². The highest BCUT2D eigenvalue weighted by atomic mass is 16.5. The maximum atomic E-state index is 11.6. The van der Waals surface area contributed by atoms with Crippen molar-refractivity contribution >= 4 is 5.97 Å². The second kappa shape index (κ2) is 7.14. The molecule has 1 aromatic carbocycles. The first-order chi connectivity index (χ1) is 10.4. The molecule has 122 valence electrons. The van der Waals surface area contributed by atoms with Crippen LogP contribution in [-0.2, 0) is 16.1 Å². The fraction of sp³-hybridized carbons (Fsp3) is 0.611. The fourth-order valence-electron chi connectivity index (χ4n) is 3.24. The number of rotatable bonds is 4. The van der Waals surface area contributed by atoms with Gasteiger partial charge in [-0.2, -0.15) is 0 Å². The van der Waals surface area contributed by atoms with Gasteiger partial charge in [-0.05, 0) is 56.0 Å². The molecule has 1 aliphatic rings. The highest BCUT2D eigenvalue weighted by molar-refractivity contribution is 5.72. The standard InChI is InChI=1S/C18H27NO3/c1-12(2)16-10-15(17(20)9-13(16)3)11-19-7-5-14(6-8-19)18(21)22-4/h9-10,12,14,20H,5-8,11H2,1-4H3. The number of hydrogen-bond acceptors (Lipinski definition) is 4. The summed E-state index contributed by atoms with van der Waals surface area (Å²) in [6.45, 7) is 8.85. The van der Waals surface area contributed by atoms with Gasteiger partial charge in [0.25, 0.3) is 0 Å². The number of likely N-dealkylation sites (tertiary alicyclic amines) is 1. The minimum absolute atomic E-state index is 0.0269. The number of benzene rings is 1. The summed E-state index contributed by atoms with van der Waals surface area (Å²) < 4.78 is 4.82. The Kier molecular flexibility index (Phi) is 5.46. The number of aryl methyl sites for hydroxylation is 1. The van der Waals surface area contributed by atoms with E-state index in [0.717, 1.165) is 43.6 Å². The molecule has 1 heterocycles. The van der Waals surface area contributed by atoms with E-state index in [0.29, 0.717) is 11.7 Å². The predicted octanol–water partition coefficient (Wildman–Crippen LogP) is 3.21. The molecule has 1 N–H and O–H groups in total. The van der Waals surface area contributed by atoms with Gasteiger partial charge in [-0.1, -0.05) is 19.9 Å². The van der Waals surface area contributed by atoms with Crippen LogP contribution in [0, 0.1) is 12.8 Å². The van der Waals surface area contributed by atoms with Crippen LogP contribution in [-0.4, -0.2) is 36.2 Å². The zero-order valence-corrected chi connectivity index (χ0v) is 14.1. The third kappa shape index (κ3) is 3.80. The van der Waals surface area contributed by atoms with Crippen LogP contribution in [0.15, 0.2) is 12.1 Å². The largest absolute Gasteiger partial charge is 0.508 e. The monoisotopic (exact) mass is 305 g/mol. The van der Waals surface area contributed by atoms with E-state index in [-0.39, 0.29) is 11.9 Å². The van der Waals surface area contributed by atoms with Crippen LogP contribution < -0.4 is 0 Å². The number of nitrogens with zero attached hydrogens (tertiary/aromatic N) is 1. The maximum absolute atomic E-state index is 11.6. The van der Waals surface area contributed by atoms with Crippen molar-refractivity contribution in [2.45, 2.75) is 46.1 Å². The van der Waals surface area contributed by atoms with E-state index in [1.54, 1.807) is 0 Å². The predicted molar refractivity (Wildman–Crippen MR) is 86.9 cm³/mol. The second-order valence-electron chi connectivity index (χ2n) is 6.57. The van der Waals surface area contributed by atoms with Gasteiger partial charge in [-0.3, -0.25) is 9.69 Å². The van der Waals surface area contributed by atoms with E-state index >= 15 is 0 Å². The summed E-state index contributed by atoms with van der Waals surface area (Å²) in [5.41, 5.74) is 3.41. The van der Waals surface area contributed by atoms with Gasteiger partial charge in [0.2, 0.25) is 0 Å². The molecule has 1 aromatic rings. The number of phenolic OH excluding ortho intramolecular Hbond substituents is 1. The Morgan fingerprint density at radius 3 is 2.55 bits per heavy atom. The minimum atomic E-state index is -0.0973. The molecule has 0 atom stereocenters. The molecule has 22 heavy (non-hydrogen) atoms. The first kappa shape index (κ1) is 16.8. The Bertz CT molecular complexity index is 531. The first-order valence-electron chi connectivity index (χ1n) is 8.05. The molecular weight excluding hydrogens is 278 g/mol. The second-order valence-corrected chi connectivity index (χ2v) is 6.57. The van der Waals surface area contributed by atoms with E-state index in [9.17, 15) is 9.90 Å². The van der Waals surface area contributed by atoms with Crippen LogP contribution in [0.2, 0.25) is 0 Å². The van der Waals surface area contributed by atoms with Gasteiger partial charge >= 0.3 is 5.97 Å². The summed E-state index contributed by atoms with van der Waals surface area (Å²) in [5, 5.41) is 10.2. The number of hydrogen-bond donors (Lipinski definition) is 1. The fourth-order valence-corrected chi connectivity index (χ4v) is 3.24. The quantitative estimate of drug-likeness (QED) is 0.868. The van der Waals surface area contributed by atoms with Crippen LogP contribution >= 0.6 is 0 Å². The number of carbonyl (C=O) groups is 1. The van der Waals surface area contributed by atoms with Crippen molar-refractivity contribution in [1.82, 2.24) is 4.90 Å². The van der Waals surface area contributed by atoms with Crippen LogP contribution in [0.5, 0.6) is 5.75 Å². The molecule has 4 heteroatoms. The summed E-state index contributed by atoms with van der Waals surface area (Å²) in [5.74, 6) is 0.750. The SMILES string of the molecule is COC(=O)C1CCN(Cc2cc(C(C)C)c(C)cc2O)CC1. The molecule has 1 fully saturated rings. The molecule has 0 saturated carbocycles. The lowest BCUT2D eigenvalue weighted by Gasteiger charge is -2.31. The third-order valence-electron chi connectivity index (χ3n) is 4.61. The van der Waals surface area contributed by atoms with Crippen LogP contribution in [0.25, 0.3) is 0 Å². The Balaban J connectivity index is 2.03. The number of aromatic hydroxyl groups is 1.